The molecular formula is C20H36O4. The Kier molecular flexibility index (Phi) is 10.7. The molecule has 4 nitrogen and oxygen atoms in total. The lowest BCUT2D eigenvalue weighted by atomic mass is 9.90. The lowest BCUT2D eigenvalue weighted by molar-refractivity contribution is -0.143. The van der Waals surface area contributed by atoms with Gasteiger partial charge in [0.25, 0.3) is 0 Å². The molecule has 0 aromatic heterocycles. The van der Waals surface area contributed by atoms with Crippen molar-refractivity contribution < 1.29 is 19.1 Å². The number of ether oxygens (including phenoxy) is 2. The summed E-state index contributed by atoms with van der Waals surface area (Å²) in [7, 11) is 0. The van der Waals surface area contributed by atoms with Crippen LogP contribution in [-0.2, 0) is 19.1 Å². The quantitative estimate of drug-likeness (QED) is 0.424. The van der Waals surface area contributed by atoms with Crippen molar-refractivity contribution >= 4 is 11.9 Å². The Labute approximate surface area is 148 Å². The van der Waals surface area contributed by atoms with Gasteiger partial charge in [-0.3, -0.25) is 0 Å². The highest BCUT2D eigenvalue weighted by Crippen LogP contribution is 2.24. The monoisotopic (exact) mass is 340 g/mol. The van der Waals surface area contributed by atoms with Crippen LogP contribution in [0.1, 0.15) is 68.2 Å². The normalized spacial score (nSPS) is 12.8. The maximum atomic E-state index is 12.5. The molecule has 0 fully saturated rings. The highest BCUT2D eigenvalue weighted by atomic mass is 16.5. The zero-order chi connectivity index (χ0) is 18.9. The van der Waals surface area contributed by atoms with Crippen molar-refractivity contribution in [2.75, 3.05) is 13.2 Å². The zero-order valence-corrected chi connectivity index (χ0v) is 16.8. The second-order valence-electron chi connectivity index (χ2n) is 7.77. The minimum Gasteiger partial charge on any atom is -0.462 e. The summed E-state index contributed by atoms with van der Waals surface area (Å²) < 4.78 is 10.8. The molecule has 0 amide bonds. The Morgan fingerprint density at radius 3 is 1.12 bits per heavy atom. The third-order valence-electron chi connectivity index (χ3n) is 3.74. The molecule has 24 heavy (non-hydrogen) atoms. The molecule has 4 heteroatoms. The van der Waals surface area contributed by atoms with Gasteiger partial charge in [-0.25, -0.2) is 9.59 Å². The highest BCUT2D eigenvalue weighted by Gasteiger charge is 2.28. The van der Waals surface area contributed by atoms with Crippen LogP contribution in [0.15, 0.2) is 11.1 Å². The van der Waals surface area contributed by atoms with Gasteiger partial charge < -0.3 is 9.47 Å². The summed E-state index contributed by atoms with van der Waals surface area (Å²) >= 11 is 0. The summed E-state index contributed by atoms with van der Waals surface area (Å²) in [5, 5.41) is 0. The van der Waals surface area contributed by atoms with Crippen LogP contribution in [0.4, 0.5) is 0 Å². The predicted molar refractivity (Wildman–Crippen MR) is 97.5 cm³/mol. The standard InChI is InChI=1S/C20H36O4/c1-13(2)9-11-23-19(21)17(15(5)6)18(16(7)8)20(22)24-12-10-14(3)4/h13-16H,9-12H2,1-8H3/b18-17-. The molecule has 0 unspecified atom stereocenters. The second-order valence-corrected chi connectivity index (χ2v) is 7.77. The van der Waals surface area contributed by atoms with E-state index < -0.39 is 11.9 Å². The van der Waals surface area contributed by atoms with E-state index in [1.165, 1.54) is 0 Å². The zero-order valence-electron chi connectivity index (χ0n) is 16.8. The highest BCUT2D eigenvalue weighted by molar-refractivity contribution is 6.01. The van der Waals surface area contributed by atoms with Gasteiger partial charge in [0.1, 0.15) is 0 Å². The maximum Gasteiger partial charge on any atom is 0.334 e. The van der Waals surface area contributed by atoms with Gasteiger partial charge in [0.15, 0.2) is 0 Å². The molecule has 0 atom stereocenters. The number of carbonyl (C=O) groups is 2. The molecule has 0 aromatic carbocycles. The van der Waals surface area contributed by atoms with Gasteiger partial charge in [-0.05, 0) is 36.5 Å². The van der Waals surface area contributed by atoms with Gasteiger partial charge in [-0.1, -0.05) is 55.4 Å². The maximum absolute atomic E-state index is 12.5. The first-order valence-electron chi connectivity index (χ1n) is 9.16. The molecule has 0 aromatic rings. The van der Waals surface area contributed by atoms with E-state index in [1.807, 2.05) is 27.7 Å². The molecule has 0 saturated heterocycles. The van der Waals surface area contributed by atoms with Crippen molar-refractivity contribution in [1.29, 1.82) is 0 Å². The molecule has 0 rings (SSSR count). The summed E-state index contributed by atoms with van der Waals surface area (Å²) in [6, 6.07) is 0. The van der Waals surface area contributed by atoms with Crippen LogP contribution >= 0.6 is 0 Å². The van der Waals surface area contributed by atoms with Gasteiger partial charge in [0.05, 0.1) is 24.4 Å². The topological polar surface area (TPSA) is 52.6 Å². The molecular weight excluding hydrogens is 304 g/mol. The number of hydrogen-bond donors (Lipinski definition) is 0. The first kappa shape index (κ1) is 22.7. The van der Waals surface area contributed by atoms with E-state index in [2.05, 4.69) is 27.7 Å². The second kappa shape index (κ2) is 11.3. The molecule has 0 bridgehead atoms. The van der Waals surface area contributed by atoms with E-state index in [-0.39, 0.29) is 11.8 Å². The third-order valence-corrected chi connectivity index (χ3v) is 3.74. The summed E-state index contributed by atoms with van der Waals surface area (Å²) in [4.78, 5) is 25.0. The summed E-state index contributed by atoms with van der Waals surface area (Å²) in [6.07, 6.45) is 1.62. The lowest BCUT2D eigenvalue weighted by Gasteiger charge is -2.19. The van der Waals surface area contributed by atoms with Crippen molar-refractivity contribution in [3.05, 3.63) is 11.1 Å². The fourth-order valence-corrected chi connectivity index (χ4v) is 2.24. The number of esters is 2. The van der Waals surface area contributed by atoms with Gasteiger partial charge >= 0.3 is 11.9 Å². The fourth-order valence-electron chi connectivity index (χ4n) is 2.24. The van der Waals surface area contributed by atoms with Gasteiger partial charge in [-0.15, -0.1) is 0 Å². The van der Waals surface area contributed by atoms with Crippen molar-refractivity contribution in [2.45, 2.75) is 68.2 Å². The fraction of sp³-hybridized carbons (Fsp3) is 0.800. The number of hydrogen-bond acceptors (Lipinski definition) is 4. The Morgan fingerprint density at radius 2 is 0.917 bits per heavy atom. The van der Waals surface area contributed by atoms with E-state index in [4.69, 9.17) is 9.47 Å². The Bertz CT molecular complexity index is 391. The number of carbonyl (C=O) groups excluding carboxylic acids is 2. The van der Waals surface area contributed by atoms with E-state index in [1.54, 1.807) is 0 Å². The van der Waals surface area contributed by atoms with Crippen LogP contribution in [0, 0.1) is 23.7 Å². The minimum absolute atomic E-state index is 0.0911. The smallest absolute Gasteiger partial charge is 0.334 e. The molecule has 0 heterocycles. The molecule has 0 aliphatic heterocycles. The van der Waals surface area contributed by atoms with Gasteiger partial charge in [0, 0.05) is 0 Å². The van der Waals surface area contributed by atoms with Crippen molar-refractivity contribution in [2.24, 2.45) is 23.7 Å². The van der Waals surface area contributed by atoms with E-state index in [0.717, 1.165) is 12.8 Å². The summed E-state index contributed by atoms with van der Waals surface area (Å²) in [5.41, 5.74) is 0.895. The van der Waals surface area contributed by atoms with Crippen LogP contribution < -0.4 is 0 Å². The molecule has 0 radical (unpaired) electrons. The predicted octanol–water partition coefficient (Wildman–Crippen LogP) is 4.77. The van der Waals surface area contributed by atoms with Crippen molar-refractivity contribution in [1.82, 2.24) is 0 Å². The summed E-state index contributed by atoms with van der Waals surface area (Å²) in [5.74, 6) is -0.0341. The first-order valence-corrected chi connectivity index (χ1v) is 9.16. The van der Waals surface area contributed by atoms with Gasteiger partial charge in [0.2, 0.25) is 0 Å². The average Bonchev–Trinajstić information content (AvgIpc) is 2.42. The third kappa shape index (κ3) is 8.51. The summed E-state index contributed by atoms with van der Waals surface area (Å²) in [6.45, 7) is 16.7. The first-order chi connectivity index (χ1) is 11.1. The van der Waals surface area contributed by atoms with E-state index >= 15 is 0 Å². The molecule has 0 aliphatic carbocycles. The molecule has 0 saturated carbocycles. The SMILES string of the molecule is CC(C)CCOC(=O)/C(=C(\C(=O)OCCC(C)C)C(C)C)C(C)C. The minimum atomic E-state index is -0.393. The van der Waals surface area contributed by atoms with E-state index in [0.29, 0.717) is 36.2 Å². The van der Waals surface area contributed by atoms with Crippen LogP contribution in [0.2, 0.25) is 0 Å². The van der Waals surface area contributed by atoms with Crippen LogP contribution in [0.3, 0.4) is 0 Å². The molecule has 0 spiro atoms. The number of rotatable bonds is 10. The largest absolute Gasteiger partial charge is 0.462 e. The van der Waals surface area contributed by atoms with Gasteiger partial charge in [-0.2, -0.15) is 0 Å². The Hall–Kier alpha value is -1.32. The van der Waals surface area contributed by atoms with Crippen molar-refractivity contribution in [3.8, 4) is 0 Å². The van der Waals surface area contributed by atoms with Crippen LogP contribution in [-0.4, -0.2) is 25.2 Å². The van der Waals surface area contributed by atoms with Crippen LogP contribution in [0.25, 0.3) is 0 Å². The molecule has 0 aliphatic rings. The molecule has 140 valence electrons. The Balaban J connectivity index is 5.27. The lowest BCUT2D eigenvalue weighted by Crippen LogP contribution is -2.23. The van der Waals surface area contributed by atoms with Crippen LogP contribution in [0.5, 0.6) is 0 Å². The van der Waals surface area contributed by atoms with E-state index in [9.17, 15) is 9.59 Å². The average molecular weight is 341 g/mol. The molecule has 0 N–H and O–H groups in total. The van der Waals surface area contributed by atoms with Crippen molar-refractivity contribution in [3.63, 3.8) is 0 Å². The Morgan fingerprint density at radius 1 is 0.625 bits per heavy atom.